The van der Waals surface area contributed by atoms with Gasteiger partial charge in [0.25, 0.3) is 0 Å². The van der Waals surface area contributed by atoms with Crippen LogP contribution in [-0.4, -0.2) is 48.6 Å². The standard InChI is InChI=1S/C16H19N5OS/c22-15-11-20(7-8-21(15)16-4-3-9-23-16)14-10-13(17-12-18-14)19-5-1-2-6-19/h3-4,9-10,12H,1-2,5-8,11H2. The third-order valence-electron chi connectivity index (χ3n) is 4.39. The molecule has 0 aliphatic carbocycles. The molecule has 2 aliphatic heterocycles. The van der Waals surface area contributed by atoms with E-state index in [-0.39, 0.29) is 5.91 Å². The van der Waals surface area contributed by atoms with E-state index in [0.717, 1.165) is 36.3 Å². The van der Waals surface area contributed by atoms with Gasteiger partial charge in [0, 0.05) is 32.2 Å². The Bertz CT molecular complexity index is 684. The number of carbonyl (C=O) groups excluding carboxylic acids is 1. The Morgan fingerprint density at radius 2 is 1.78 bits per heavy atom. The number of amides is 1. The van der Waals surface area contributed by atoms with E-state index < -0.39 is 0 Å². The summed E-state index contributed by atoms with van der Waals surface area (Å²) in [6.07, 6.45) is 4.05. The zero-order valence-corrected chi connectivity index (χ0v) is 13.7. The predicted molar refractivity (Wildman–Crippen MR) is 92.4 cm³/mol. The molecule has 2 aliphatic rings. The van der Waals surface area contributed by atoms with Crippen LogP contribution in [0.4, 0.5) is 16.6 Å². The molecule has 2 fully saturated rings. The smallest absolute Gasteiger partial charge is 0.247 e. The Labute approximate surface area is 139 Å². The van der Waals surface area contributed by atoms with Crippen LogP contribution in [0.25, 0.3) is 0 Å². The molecule has 0 atom stereocenters. The van der Waals surface area contributed by atoms with Crippen molar-refractivity contribution in [2.24, 2.45) is 0 Å². The van der Waals surface area contributed by atoms with Gasteiger partial charge in [-0.25, -0.2) is 9.97 Å². The molecule has 1 amide bonds. The first kappa shape index (κ1) is 14.4. The van der Waals surface area contributed by atoms with Gasteiger partial charge in [-0.15, -0.1) is 11.3 Å². The Hall–Kier alpha value is -2.15. The summed E-state index contributed by atoms with van der Waals surface area (Å²) < 4.78 is 0. The average molecular weight is 329 g/mol. The molecule has 23 heavy (non-hydrogen) atoms. The van der Waals surface area contributed by atoms with Crippen molar-refractivity contribution in [3.63, 3.8) is 0 Å². The highest BCUT2D eigenvalue weighted by Crippen LogP contribution is 2.26. The first-order valence-electron chi connectivity index (χ1n) is 7.97. The minimum Gasteiger partial charge on any atom is -0.356 e. The van der Waals surface area contributed by atoms with Crippen LogP contribution in [0.15, 0.2) is 29.9 Å². The maximum Gasteiger partial charge on any atom is 0.247 e. The highest BCUT2D eigenvalue weighted by Gasteiger charge is 2.27. The highest BCUT2D eigenvalue weighted by atomic mass is 32.1. The maximum atomic E-state index is 12.5. The summed E-state index contributed by atoms with van der Waals surface area (Å²) >= 11 is 1.60. The first-order chi connectivity index (χ1) is 11.3. The lowest BCUT2D eigenvalue weighted by Gasteiger charge is -2.34. The molecule has 2 aromatic rings. The molecule has 120 valence electrons. The molecule has 7 heteroatoms. The third kappa shape index (κ3) is 2.88. The second-order valence-electron chi connectivity index (χ2n) is 5.85. The summed E-state index contributed by atoms with van der Waals surface area (Å²) in [6.45, 7) is 3.97. The molecule has 0 unspecified atom stereocenters. The van der Waals surface area contributed by atoms with E-state index in [1.165, 1.54) is 12.8 Å². The van der Waals surface area contributed by atoms with Gasteiger partial charge >= 0.3 is 0 Å². The van der Waals surface area contributed by atoms with Crippen LogP contribution in [0.3, 0.4) is 0 Å². The number of rotatable bonds is 3. The van der Waals surface area contributed by atoms with Crippen molar-refractivity contribution in [1.29, 1.82) is 0 Å². The fourth-order valence-electron chi connectivity index (χ4n) is 3.15. The van der Waals surface area contributed by atoms with Gasteiger partial charge in [0.2, 0.25) is 5.91 Å². The number of anilines is 3. The van der Waals surface area contributed by atoms with Gasteiger partial charge in [0.1, 0.15) is 18.0 Å². The van der Waals surface area contributed by atoms with Gasteiger partial charge in [-0.3, -0.25) is 4.79 Å². The van der Waals surface area contributed by atoms with Crippen LogP contribution in [0.5, 0.6) is 0 Å². The minimum atomic E-state index is 0.125. The lowest BCUT2D eigenvalue weighted by molar-refractivity contribution is -0.117. The second-order valence-corrected chi connectivity index (χ2v) is 6.77. The molecule has 0 aromatic carbocycles. The van der Waals surface area contributed by atoms with E-state index >= 15 is 0 Å². The van der Waals surface area contributed by atoms with E-state index in [0.29, 0.717) is 13.1 Å². The van der Waals surface area contributed by atoms with Crippen molar-refractivity contribution < 1.29 is 4.79 Å². The van der Waals surface area contributed by atoms with Crippen LogP contribution < -0.4 is 14.7 Å². The van der Waals surface area contributed by atoms with E-state index in [1.807, 2.05) is 33.4 Å². The van der Waals surface area contributed by atoms with Crippen LogP contribution in [0.2, 0.25) is 0 Å². The number of aromatic nitrogens is 2. The molecule has 0 N–H and O–H groups in total. The average Bonchev–Trinajstić information content (AvgIpc) is 3.28. The minimum absolute atomic E-state index is 0.125. The van der Waals surface area contributed by atoms with Crippen molar-refractivity contribution in [3.05, 3.63) is 29.9 Å². The first-order valence-corrected chi connectivity index (χ1v) is 8.85. The number of hydrogen-bond acceptors (Lipinski definition) is 6. The molecule has 6 nitrogen and oxygen atoms in total. The lowest BCUT2D eigenvalue weighted by atomic mass is 10.3. The summed E-state index contributed by atoms with van der Waals surface area (Å²) in [5.41, 5.74) is 0. The van der Waals surface area contributed by atoms with Crippen LogP contribution >= 0.6 is 11.3 Å². The van der Waals surface area contributed by atoms with Crippen molar-refractivity contribution in [2.75, 3.05) is 47.4 Å². The Kier molecular flexibility index (Phi) is 3.87. The third-order valence-corrected chi connectivity index (χ3v) is 5.28. The molecule has 4 heterocycles. The molecule has 0 saturated carbocycles. The molecule has 0 spiro atoms. The monoisotopic (exact) mass is 329 g/mol. The second kappa shape index (κ2) is 6.16. The SMILES string of the molecule is O=C1CN(c2cc(N3CCCC3)ncn2)CCN1c1cccs1. The lowest BCUT2D eigenvalue weighted by Crippen LogP contribution is -2.50. The summed E-state index contributed by atoms with van der Waals surface area (Å²) in [7, 11) is 0. The number of nitrogens with zero attached hydrogens (tertiary/aromatic N) is 5. The van der Waals surface area contributed by atoms with Crippen molar-refractivity contribution in [1.82, 2.24) is 9.97 Å². The van der Waals surface area contributed by atoms with Crippen molar-refractivity contribution in [3.8, 4) is 0 Å². The van der Waals surface area contributed by atoms with Crippen LogP contribution in [-0.2, 0) is 4.79 Å². The zero-order chi connectivity index (χ0) is 15.6. The summed E-state index contributed by atoms with van der Waals surface area (Å²) in [4.78, 5) is 27.4. The number of piperazine rings is 1. The topological polar surface area (TPSA) is 52.6 Å². The van der Waals surface area contributed by atoms with Gasteiger partial charge in [-0.05, 0) is 30.4 Å². The van der Waals surface area contributed by atoms with Crippen molar-refractivity contribution in [2.45, 2.75) is 12.8 Å². The fourth-order valence-corrected chi connectivity index (χ4v) is 3.93. The number of thiophene rings is 1. The van der Waals surface area contributed by atoms with Gasteiger partial charge in [0.05, 0.1) is 11.5 Å². The fraction of sp³-hybridized carbons (Fsp3) is 0.438. The van der Waals surface area contributed by atoms with Gasteiger partial charge in [-0.1, -0.05) is 0 Å². The summed E-state index contributed by atoms with van der Waals surface area (Å²) in [6, 6.07) is 5.99. The summed E-state index contributed by atoms with van der Waals surface area (Å²) in [5.74, 6) is 1.95. The highest BCUT2D eigenvalue weighted by molar-refractivity contribution is 7.14. The van der Waals surface area contributed by atoms with Crippen LogP contribution in [0.1, 0.15) is 12.8 Å². The molecular weight excluding hydrogens is 310 g/mol. The van der Waals surface area contributed by atoms with E-state index in [4.69, 9.17) is 0 Å². The zero-order valence-electron chi connectivity index (χ0n) is 12.9. The molecule has 4 rings (SSSR count). The van der Waals surface area contributed by atoms with E-state index in [2.05, 4.69) is 14.9 Å². The molecular formula is C16H19N5OS. The number of carbonyl (C=O) groups is 1. The van der Waals surface area contributed by atoms with E-state index in [1.54, 1.807) is 17.7 Å². The van der Waals surface area contributed by atoms with Gasteiger partial charge < -0.3 is 14.7 Å². The van der Waals surface area contributed by atoms with Crippen LogP contribution in [0, 0.1) is 0 Å². The van der Waals surface area contributed by atoms with Gasteiger partial charge in [0.15, 0.2) is 0 Å². The Morgan fingerprint density at radius 1 is 1.00 bits per heavy atom. The maximum absolute atomic E-state index is 12.5. The molecule has 2 saturated heterocycles. The molecule has 0 radical (unpaired) electrons. The molecule has 2 aromatic heterocycles. The molecule has 0 bridgehead atoms. The quantitative estimate of drug-likeness (QED) is 0.862. The normalized spacial score (nSPS) is 18.8. The Morgan fingerprint density at radius 3 is 2.48 bits per heavy atom. The largest absolute Gasteiger partial charge is 0.356 e. The Balaban J connectivity index is 1.49. The van der Waals surface area contributed by atoms with E-state index in [9.17, 15) is 4.79 Å². The van der Waals surface area contributed by atoms with Crippen molar-refractivity contribution >= 4 is 33.9 Å². The summed E-state index contributed by atoms with van der Waals surface area (Å²) in [5, 5.41) is 3.02. The predicted octanol–water partition coefficient (Wildman–Crippen LogP) is 1.99. The van der Waals surface area contributed by atoms with Gasteiger partial charge in [-0.2, -0.15) is 0 Å². The number of hydrogen-bond donors (Lipinski definition) is 0.